The van der Waals surface area contributed by atoms with Gasteiger partial charge < -0.3 is 4.74 Å². The third kappa shape index (κ3) is 5.00. The number of nitrogens with zero attached hydrogens (tertiary/aromatic N) is 1. The topological polar surface area (TPSA) is 29.5 Å². The molecule has 22 heavy (non-hydrogen) atoms. The first-order valence-corrected chi connectivity index (χ1v) is 8.57. The van der Waals surface area contributed by atoms with E-state index in [1.807, 2.05) is 39.8 Å². The Balaban J connectivity index is 2.87. The smallest absolute Gasteiger partial charge is 0.412 e. The summed E-state index contributed by atoms with van der Waals surface area (Å²) in [6, 6.07) is 7.21. The Morgan fingerprint density at radius 3 is 2.00 bits per heavy atom. The summed E-state index contributed by atoms with van der Waals surface area (Å²) in [7, 11) is 0. The Hall–Kier alpha value is -0.520. The zero-order valence-electron chi connectivity index (χ0n) is 13.5. The van der Waals surface area contributed by atoms with Crippen LogP contribution in [0.25, 0.3) is 0 Å². The summed E-state index contributed by atoms with van der Waals surface area (Å²) in [4.78, 5) is 12.9. The van der Waals surface area contributed by atoms with E-state index < -0.39 is 15.8 Å². The lowest BCUT2D eigenvalue weighted by molar-refractivity contribution is 0.0495. The molecule has 0 aliphatic rings. The van der Waals surface area contributed by atoms with Crippen molar-refractivity contribution in [2.24, 2.45) is 0 Å². The van der Waals surface area contributed by atoms with Gasteiger partial charge in [-0.15, -0.1) is 0 Å². The molecule has 6 heteroatoms. The third-order valence-corrected chi connectivity index (χ3v) is 5.05. The van der Waals surface area contributed by atoms with Crippen LogP contribution >= 0.6 is 36.9 Å². The minimum absolute atomic E-state index is 0.188. The van der Waals surface area contributed by atoms with Gasteiger partial charge in [-0.1, -0.05) is 37.6 Å². The van der Waals surface area contributed by atoms with E-state index >= 15 is 0 Å². The Labute approximate surface area is 149 Å². The second-order valence-corrected chi connectivity index (χ2v) is 8.02. The Morgan fingerprint density at radius 2 is 1.59 bits per heavy atom. The fourth-order valence-corrected chi connectivity index (χ4v) is 2.83. The molecule has 1 aromatic rings. The van der Waals surface area contributed by atoms with Gasteiger partial charge in [-0.25, -0.2) is 4.79 Å². The van der Waals surface area contributed by atoms with E-state index in [4.69, 9.17) is 16.3 Å². The van der Waals surface area contributed by atoms with Crippen LogP contribution < -0.4 is 0 Å². The largest absolute Gasteiger partial charge is 0.444 e. The standard InChI is InChI=1S/C16H24ClNO2S2/c1-5-15(3,21)18(16(4,22)6-2)14(19)20-11-12-7-9-13(17)10-8-12/h7-10,21-22H,5-6,11H2,1-4H3. The number of hydrogen-bond donors (Lipinski definition) is 2. The van der Waals surface area contributed by atoms with Gasteiger partial charge in [0.2, 0.25) is 0 Å². The number of carbonyl (C=O) groups is 1. The summed E-state index contributed by atoms with van der Waals surface area (Å²) in [6.07, 6.45) is 0.943. The quantitative estimate of drug-likeness (QED) is 0.525. The first kappa shape index (κ1) is 19.5. The van der Waals surface area contributed by atoms with Crippen molar-refractivity contribution in [3.8, 4) is 0 Å². The van der Waals surface area contributed by atoms with E-state index in [1.165, 1.54) is 0 Å². The molecule has 0 fully saturated rings. The van der Waals surface area contributed by atoms with Crippen molar-refractivity contribution in [1.82, 2.24) is 4.90 Å². The molecule has 1 amide bonds. The highest BCUT2D eigenvalue weighted by Crippen LogP contribution is 2.36. The molecule has 0 N–H and O–H groups in total. The second kappa shape index (κ2) is 7.84. The predicted octanol–water partition coefficient (Wildman–Crippen LogP) is 5.39. The molecule has 2 atom stereocenters. The highest BCUT2D eigenvalue weighted by molar-refractivity contribution is 7.82. The van der Waals surface area contributed by atoms with Gasteiger partial charge in [-0.2, -0.15) is 25.3 Å². The summed E-state index contributed by atoms with van der Waals surface area (Å²) < 4.78 is 5.45. The SMILES string of the molecule is CCC(C)(S)N(C(=O)OCc1ccc(Cl)cc1)C(C)(S)CC. The minimum atomic E-state index is -0.635. The van der Waals surface area contributed by atoms with Gasteiger partial charge in [0, 0.05) is 5.02 Å². The van der Waals surface area contributed by atoms with Crippen LogP contribution in [-0.2, 0) is 11.3 Å². The number of thiol groups is 2. The lowest BCUT2D eigenvalue weighted by Crippen LogP contribution is -2.55. The fourth-order valence-electron chi connectivity index (χ4n) is 2.02. The van der Waals surface area contributed by atoms with Crippen molar-refractivity contribution in [3.05, 3.63) is 34.9 Å². The van der Waals surface area contributed by atoms with Crippen LogP contribution in [0.4, 0.5) is 4.79 Å². The lowest BCUT2D eigenvalue weighted by atomic mass is 10.1. The van der Waals surface area contributed by atoms with E-state index in [0.717, 1.165) is 5.56 Å². The zero-order valence-corrected chi connectivity index (χ0v) is 16.0. The number of rotatable bonds is 6. The van der Waals surface area contributed by atoms with Crippen LogP contribution in [0.5, 0.6) is 0 Å². The fraction of sp³-hybridized carbons (Fsp3) is 0.562. The number of halogens is 1. The van der Waals surface area contributed by atoms with E-state index in [1.54, 1.807) is 17.0 Å². The molecule has 0 radical (unpaired) electrons. The van der Waals surface area contributed by atoms with E-state index in [0.29, 0.717) is 17.9 Å². The number of hydrogen-bond acceptors (Lipinski definition) is 4. The summed E-state index contributed by atoms with van der Waals surface area (Å²) in [5.74, 6) is 0. The molecule has 0 saturated heterocycles. The van der Waals surface area contributed by atoms with Crippen molar-refractivity contribution in [1.29, 1.82) is 0 Å². The summed E-state index contributed by atoms with van der Waals surface area (Å²) in [5, 5.41) is 0.652. The number of carbonyl (C=O) groups excluding carboxylic acids is 1. The van der Waals surface area contributed by atoms with Crippen molar-refractivity contribution in [3.63, 3.8) is 0 Å². The van der Waals surface area contributed by atoms with Gasteiger partial charge in [-0.05, 0) is 44.4 Å². The predicted molar refractivity (Wildman–Crippen MR) is 98.8 cm³/mol. The van der Waals surface area contributed by atoms with E-state index in [-0.39, 0.29) is 6.61 Å². The van der Waals surface area contributed by atoms with Gasteiger partial charge in [0.25, 0.3) is 0 Å². The molecule has 0 aliphatic heterocycles. The molecule has 1 aromatic carbocycles. The first-order valence-electron chi connectivity index (χ1n) is 7.30. The van der Waals surface area contributed by atoms with Crippen LogP contribution in [0, 0.1) is 0 Å². The molecule has 3 nitrogen and oxygen atoms in total. The monoisotopic (exact) mass is 361 g/mol. The molecule has 0 aromatic heterocycles. The van der Waals surface area contributed by atoms with Crippen LogP contribution in [0.1, 0.15) is 46.1 Å². The maximum absolute atomic E-state index is 12.6. The van der Waals surface area contributed by atoms with Crippen LogP contribution in [0.15, 0.2) is 24.3 Å². The molecule has 0 spiro atoms. The summed E-state index contributed by atoms with van der Waals surface area (Å²) in [5.41, 5.74) is 0.882. The molecule has 1 rings (SSSR count). The molecule has 0 bridgehead atoms. The Kier molecular flexibility index (Phi) is 6.96. The van der Waals surface area contributed by atoms with Gasteiger partial charge in [0.1, 0.15) is 6.61 Å². The van der Waals surface area contributed by atoms with Gasteiger partial charge >= 0.3 is 6.09 Å². The first-order chi connectivity index (χ1) is 10.1. The molecule has 0 aliphatic carbocycles. The average Bonchev–Trinajstić information content (AvgIpc) is 2.46. The van der Waals surface area contributed by atoms with E-state index in [9.17, 15) is 4.79 Å². The normalized spacial score (nSPS) is 16.5. The summed E-state index contributed by atoms with van der Waals surface area (Å²) in [6.45, 7) is 7.93. The van der Waals surface area contributed by atoms with Crippen LogP contribution in [0.3, 0.4) is 0 Å². The third-order valence-electron chi connectivity index (χ3n) is 3.76. The highest BCUT2D eigenvalue weighted by atomic mass is 35.5. The maximum atomic E-state index is 12.6. The molecule has 0 saturated carbocycles. The molecule has 124 valence electrons. The number of benzene rings is 1. The van der Waals surface area contributed by atoms with Gasteiger partial charge in [0.15, 0.2) is 0 Å². The van der Waals surface area contributed by atoms with Crippen LogP contribution in [0.2, 0.25) is 5.02 Å². The Morgan fingerprint density at radius 1 is 1.14 bits per heavy atom. The van der Waals surface area contributed by atoms with Crippen molar-refractivity contribution in [2.45, 2.75) is 56.9 Å². The second-order valence-electron chi connectivity index (χ2n) is 5.66. The van der Waals surface area contributed by atoms with Crippen molar-refractivity contribution >= 4 is 43.0 Å². The number of ether oxygens (including phenoxy) is 1. The summed E-state index contributed by atoms with van der Waals surface area (Å²) >= 11 is 15.1. The minimum Gasteiger partial charge on any atom is -0.444 e. The van der Waals surface area contributed by atoms with Crippen molar-refractivity contribution < 1.29 is 9.53 Å². The lowest BCUT2D eigenvalue weighted by Gasteiger charge is -2.45. The maximum Gasteiger partial charge on any atom is 0.412 e. The van der Waals surface area contributed by atoms with Crippen molar-refractivity contribution in [2.75, 3.05) is 0 Å². The van der Waals surface area contributed by atoms with Gasteiger partial charge in [0.05, 0.1) is 9.74 Å². The average molecular weight is 362 g/mol. The van der Waals surface area contributed by atoms with Crippen LogP contribution in [-0.4, -0.2) is 20.7 Å². The molecular formula is C16H24ClNO2S2. The molecular weight excluding hydrogens is 338 g/mol. The molecule has 2 unspecified atom stereocenters. The van der Waals surface area contributed by atoms with E-state index in [2.05, 4.69) is 25.3 Å². The number of amides is 1. The van der Waals surface area contributed by atoms with Gasteiger partial charge in [-0.3, -0.25) is 4.90 Å². The zero-order chi connectivity index (χ0) is 17.0. The molecule has 0 heterocycles. The Bertz CT molecular complexity index is 487. The highest BCUT2D eigenvalue weighted by Gasteiger charge is 2.42.